The van der Waals surface area contributed by atoms with E-state index in [-0.39, 0.29) is 18.3 Å². The molecule has 0 atom stereocenters. The Bertz CT molecular complexity index is 72.8. The van der Waals surface area contributed by atoms with Gasteiger partial charge in [0.1, 0.15) is 0 Å². The Balaban J connectivity index is 0. The number of carbonyl (C=O) groups excluding carboxylic acids is 1. The van der Waals surface area contributed by atoms with Gasteiger partial charge in [0.05, 0.1) is 0 Å². The fourth-order valence-electron chi connectivity index (χ4n) is 0.316. The van der Waals surface area contributed by atoms with Crippen molar-refractivity contribution in [3.8, 4) is 0 Å². The Morgan fingerprint density at radius 3 is 1.88 bits per heavy atom. The van der Waals surface area contributed by atoms with E-state index in [1.807, 2.05) is 6.92 Å². The molecule has 0 unspecified atom stereocenters. The molecular formula is C5H12ClNO. The molecule has 0 aromatic carbocycles. The van der Waals surface area contributed by atoms with Crippen molar-refractivity contribution in [2.45, 2.75) is 13.3 Å². The third kappa shape index (κ3) is 3.93. The van der Waals surface area contributed by atoms with Crippen molar-refractivity contribution in [1.82, 2.24) is 4.90 Å². The smallest absolute Gasteiger partial charge is 0.221 e. The van der Waals surface area contributed by atoms with Crippen molar-refractivity contribution >= 4 is 18.3 Å². The quantitative estimate of drug-likeness (QED) is 0.526. The zero-order valence-electron chi connectivity index (χ0n) is 5.47. The largest absolute Gasteiger partial charge is 0.349 e. The first-order valence-electron chi connectivity index (χ1n) is 2.38. The third-order valence-corrected chi connectivity index (χ3v) is 0.801. The monoisotopic (exact) mass is 137 g/mol. The first-order chi connectivity index (χ1) is 3.18. The molecule has 0 aromatic heterocycles. The molecule has 0 saturated heterocycles. The number of hydrogen-bond donors (Lipinski definition) is 0. The minimum absolute atomic E-state index is 0. The van der Waals surface area contributed by atoms with E-state index in [1.165, 1.54) is 0 Å². The summed E-state index contributed by atoms with van der Waals surface area (Å²) < 4.78 is 0. The molecular weight excluding hydrogens is 126 g/mol. The van der Waals surface area contributed by atoms with Crippen molar-refractivity contribution in [3.05, 3.63) is 0 Å². The summed E-state index contributed by atoms with van der Waals surface area (Å²) in [6.07, 6.45) is 0.604. The highest BCUT2D eigenvalue weighted by Gasteiger charge is 1.95. The maximum atomic E-state index is 10.4. The molecule has 50 valence electrons. The van der Waals surface area contributed by atoms with Gasteiger partial charge in [-0.3, -0.25) is 4.79 Å². The standard InChI is InChI=1S/C5H11NO.ClH/c1-4-5(7)6(2)3;/h4H2,1-3H3;1H. The topological polar surface area (TPSA) is 20.3 Å². The molecule has 1 amide bonds. The second-order valence-electron chi connectivity index (χ2n) is 1.64. The van der Waals surface area contributed by atoms with E-state index in [1.54, 1.807) is 19.0 Å². The van der Waals surface area contributed by atoms with Gasteiger partial charge in [-0.25, -0.2) is 0 Å². The van der Waals surface area contributed by atoms with Crippen LogP contribution in [0.4, 0.5) is 0 Å². The van der Waals surface area contributed by atoms with Gasteiger partial charge in [0.25, 0.3) is 0 Å². The number of nitrogens with zero attached hydrogens (tertiary/aromatic N) is 1. The third-order valence-electron chi connectivity index (χ3n) is 0.801. The SMILES string of the molecule is CCC(=O)N(C)C.Cl. The number of hydrogen-bond acceptors (Lipinski definition) is 1. The molecule has 0 fully saturated rings. The molecule has 0 aromatic rings. The average Bonchev–Trinajstić information content (AvgIpc) is 1.65. The number of amides is 1. The van der Waals surface area contributed by atoms with E-state index < -0.39 is 0 Å². The number of rotatable bonds is 1. The van der Waals surface area contributed by atoms with Gasteiger partial charge in [0.15, 0.2) is 0 Å². The first-order valence-corrected chi connectivity index (χ1v) is 2.38. The lowest BCUT2D eigenvalue weighted by atomic mass is 10.4. The first kappa shape index (κ1) is 10.7. The second-order valence-corrected chi connectivity index (χ2v) is 1.64. The summed E-state index contributed by atoms with van der Waals surface area (Å²) in [5, 5.41) is 0. The summed E-state index contributed by atoms with van der Waals surface area (Å²) >= 11 is 0. The minimum Gasteiger partial charge on any atom is -0.349 e. The van der Waals surface area contributed by atoms with Crippen LogP contribution in [0.25, 0.3) is 0 Å². The Labute approximate surface area is 56.3 Å². The van der Waals surface area contributed by atoms with Crippen LogP contribution < -0.4 is 0 Å². The molecule has 2 nitrogen and oxygen atoms in total. The molecule has 0 N–H and O–H groups in total. The van der Waals surface area contributed by atoms with Gasteiger partial charge in [-0.05, 0) is 0 Å². The number of carbonyl (C=O) groups is 1. The van der Waals surface area contributed by atoms with E-state index in [9.17, 15) is 4.79 Å². The van der Waals surface area contributed by atoms with Crippen LogP contribution in [0.15, 0.2) is 0 Å². The fourth-order valence-corrected chi connectivity index (χ4v) is 0.316. The lowest BCUT2D eigenvalue weighted by Gasteiger charge is -2.05. The molecule has 0 radical (unpaired) electrons. The Hall–Kier alpha value is -0.240. The maximum absolute atomic E-state index is 10.4. The van der Waals surface area contributed by atoms with E-state index in [0.29, 0.717) is 6.42 Å². The van der Waals surface area contributed by atoms with Crippen LogP contribution in [0.3, 0.4) is 0 Å². The van der Waals surface area contributed by atoms with E-state index in [0.717, 1.165) is 0 Å². The van der Waals surface area contributed by atoms with Crippen molar-refractivity contribution in [2.75, 3.05) is 14.1 Å². The fraction of sp³-hybridized carbons (Fsp3) is 0.800. The highest BCUT2D eigenvalue weighted by molar-refractivity contribution is 5.85. The Morgan fingerprint density at radius 1 is 1.50 bits per heavy atom. The van der Waals surface area contributed by atoms with Gasteiger partial charge in [-0.2, -0.15) is 0 Å². The zero-order valence-corrected chi connectivity index (χ0v) is 6.29. The molecule has 0 aliphatic heterocycles. The molecule has 0 spiro atoms. The van der Waals surface area contributed by atoms with Crippen LogP contribution >= 0.6 is 12.4 Å². The highest BCUT2D eigenvalue weighted by Crippen LogP contribution is 1.81. The molecule has 0 rings (SSSR count). The Kier molecular flexibility index (Phi) is 6.56. The molecule has 0 aliphatic rings. The van der Waals surface area contributed by atoms with Crippen LogP contribution in [0.5, 0.6) is 0 Å². The summed E-state index contributed by atoms with van der Waals surface area (Å²) in [5.41, 5.74) is 0. The summed E-state index contributed by atoms with van der Waals surface area (Å²) in [6, 6.07) is 0. The van der Waals surface area contributed by atoms with Crippen molar-refractivity contribution in [3.63, 3.8) is 0 Å². The highest BCUT2D eigenvalue weighted by atomic mass is 35.5. The van der Waals surface area contributed by atoms with E-state index in [4.69, 9.17) is 0 Å². The van der Waals surface area contributed by atoms with Crippen molar-refractivity contribution in [1.29, 1.82) is 0 Å². The van der Waals surface area contributed by atoms with Gasteiger partial charge in [-0.15, -0.1) is 12.4 Å². The maximum Gasteiger partial charge on any atom is 0.221 e. The van der Waals surface area contributed by atoms with E-state index in [2.05, 4.69) is 0 Å². The minimum atomic E-state index is 0. The normalized spacial score (nSPS) is 7.38. The number of halogens is 1. The Morgan fingerprint density at radius 2 is 1.88 bits per heavy atom. The molecule has 3 heteroatoms. The molecule has 8 heavy (non-hydrogen) atoms. The zero-order chi connectivity index (χ0) is 5.86. The summed E-state index contributed by atoms with van der Waals surface area (Å²) in [4.78, 5) is 12.0. The van der Waals surface area contributed by atoms with Gasteiger partial charge in [-0.1, -0.05) is 6.92 Å². The van der Waals surface area contributed by atoms with Gasteiger partial charge < -0.3 is 4.90 Å². The van der Waals surface area contributed by atoms with Crippen molar-refractivity contribution in [2.24, 2.45) is 0 Å². The van der Waals surface area contributed by atoms with Crippen molar-refractivity contribution < 1.29 is 4.79 Å². The van der Waals surface area contributed by atoms with Crippen LogP contribution in [0.1, 0.15) is 13.3 Å². The second kappa shape index (κ2) is 4.91. The lowest BCUT2D eigenvalue weighted by Crippen LogP contribution is -2.19. The van der Waals surface area contributed by atoms with Gasteiger partial charge >= 0.3 is 0 Å². The molecule has 0 bridgehead atoms. The predicted octanol–water partition coefficient (Wildman–Crippen LogP) is 0.906. The summed E-state index contributed by atoms with van der Waals surface area (Å²) in [6.45, 7) is 1.85. The average molecular weight is 138 g/mol. The van der Waals surface area contributed by atoms with Gasteiger partial charge in [0, 0.05) is 20.5 Å². The van der Waals surface area contributed by atoms with Crippen LogP contribution in [0.2, 0.25) is 0 Å². The van der Waals surface area contributed by atoms with Crippen LogP contribution in [-0.4, -0.2) is 24.9 Å². The molecule has 0 heterocycles. The summed E-state index contributed by atoms with van der Waals surface area (Å²) in [7, 11) is 3.51. The lowest BCUT2D eigenvalue weighted by molar-refractivity contribution is -0.128. The summed E-state index contributed by atoms with van der Waals surface area (Å²) in [5.74, 6) is 0.181. The van der Waals surface area contributed by atoms with Crippen LogP contribution in [0, 0.1) is 0 Å². The van der Waals surface area contributed by atoms with Crippen LogP contribution in [-0.2, 0) is 4.79 Å². The van der Waals surface area contributed by atoms with Gasteiger partial charge in [0.2, 0.25) is 5.91 Å². The predicted molar refractivity (Wildman–Crippen MR) is 36.2 cm³/mol. The molecule has 0 saturated carbocycles. The molecule has 0 aliphatic carbocycles. The van der Waals surface area contributed by atoms with E-state index >= 15 is 0 Å².